The van der Waals surface area contributed by atoms with Crippen LogP contribution in [0.25, 0.3) is 10.9 Å². The molecule has 0 aliphatic heterocycles. The fraction of sp³-hybridized carbons (Fsp3) is 0.261. The quantitative estimate of drug-likeness (QED) is 0.546. The van der Waals surface area contributed by atoms with Crippen LogP contribution in [0.5, 0.6) is 0 Å². The number of rotatable bonds is 6. The molecule has 154 valence electrons. The minimum Gasteiger partial charge on any atom is -0.365 e. The van der Waals surface area contributed by atoms with Crippen LogP contribution in [0.4, 0.5) is 10.2 Å². The summed E-state index contributed by atoms with van der Waals surface area (Å²) in [6.45, 7) is 0.724. The number of nitrogens with one attached hydrogen (secondary N) is 2. The number of benzene rings is 2. The molecule has 2 N–H and O–H groups in total. The summed E-state index contributed by atoms with van der Waals surface area (Å²) in [5.74, 6) is 0.903. The summed E-state index contributed by atoms with van der Waals surface area (Å²) in [5, 5.41) is 7.66. The molecular weight excluding hydrogens is 403 g/mol. The van der Waals surface area contributed by atoms with Gasteiger partial charge in [0.25, 0.3) is 0 Å². The molecule has 30 heavy (non-hydrogen) atoms. The van der Waals surface area contributed by atoms with Gasteiger partial charge in [0, 0.05) is 22.9 Å². The molecule has 1 aliphatic carbocycles. The van der Waals surface area contributed by atoms with Crippen LogP contribution >= 0.6 is 11.6 Å². The van der Waals surface area contributed by atoms with Crippen LogP contribution in [0.3, 0.4) is 0 Å². The van der Waals surface area contributed by atoms with E-state index in [2.05, 4.69) is 32.8 Å². The molecule has 0 saturated heterocycles. The molecule has 4 rings (SSSR count). The second-order valence-electron chi connectivity index (χ2n) is 7.33. The lowest BCUT2D eigenvalue weighted by atomic mass is 9.94. The van der Waals surface area contributed by atoms with E-state index in [1.165, 1.54) is 12.1 Å². The topological polar surface area (TPSA) is 66.9 Å². The maximum Gasteiger partial charge on any atom is 0.223 e. The first-order valence-electron chi connectivity index (χ1n) is 9.96. The predicted molar refractivity (Wildman–Crippen MR) is 117 cm³/mol. The minimum atomic E-state index is -0.271. The minimum absolute atomic E-state index is 0.000900. The Morgan fingerprint density at radius 1 is 1.10 bits per heavy atom. The highest BCUT2D eigenvalue weighted by molar-refractivity contribution is 6.31. The van der Waals surface area contributed by atoms with Gasteiger partial charge in [0.15, 0.2) is 5.82 Å². The molecule has 1 aromatic heterocycles. The Labute approximate surface area is 179 Å². The third-order valence-electron chi connectivity index (χ3n) is 5.14. The number of nitrogens with zero attached hydrogens (tertiary/aromatic N) is 2. The van der Waals surface area contributed by atoms with Gasteiger partial charge >= 0.3 is 0 Å². The Hall–Kier alpha value is -2.99. The Morgan fingerprint density at radius 2 is 1.93 bits per heavy atom. The zero-order valence-corrected chi connectivity index (χ0v) is 17.1. The summed E-state index contributed by atoms with van der Waals surface area (Å²) in [6, 6.07) is 11.7. The Morgan fingerprint density at radius 3 is 2.70 bits per heavy atom. The lowest BCUT2D eigenvalue weighted by Crippen LogP contribution is -2.31. The number of hydrogen-bond acceptors (Lipinski definition) is 4. The molecule has 7 heteroatoms. The van der Waals surface area contributed by atoms with Gasteiger partial charge in [0.2, 0.25) is 5.91 Å². The van der Waals surface area contributed by atoms with Crippen molar-refractivity contribution in [3.8, 4) is 0 Å². The molecular formula is C23H22ClFN4O. The van der Waals surface area contributed by atoms with E-state index in [0.29, 0.717) is 28.7 Å². The largest absolute Gasteiger partial charge is 0.365 e. The fourth-order valence-corrected chi connectivity index (χ4v) is 3.66. The molecule has 1 atom stereocenters. The van der Waals surface area contributed by atoms with Crippen LogP contribution < -0.4 is 10.6 Å². The predicted octanol–water partition coefficient (Wildman–Crippen LogP) is 5.01. The lowest BCUT2D eigenvalue weighted by Gasteiger charge is -2.17. The average Bonchev–Trinajstić information content (AvgIpc) is 2.77. The van der Waals surface area contributed by atoms with E-state index < -0.39 is 0 Å². The van der Waals surface area contributed by atoms with Gasteiger partial charge in [-0.15, -0.1) is 0 Å². The third-order valence-corrected chi connectivity index (χ3v) is 5.37. The molecule has 2 aromatic carbocycles. The van der Waals surface area contributed by atoms with Crippen molar-refractivity contribution in [2.24, 2.45) is 5.92 Å². The van der Waals surface area contributed by atoms with Gasteiger partial charge < -0.3 is 10.6 Å². The maximum absolute atomic E-state index is 13.1. The summed E-state index contributed by atoms with van der Waals surface area (Å²) < 4.78 is 13.1. The Kier molecular flexibility index (Phi) is 6.23. The highest BCUT2D eigenvalue weighted by Crippen LogP contribution is 2.24. The van der Waals surface area contributed by atoms with Crippen molar-refractivity contribution in [2.75, 3.05) is 5.32 Å². The first-order valence-corrected chi connectivity index (χ1v) is 10.3. The van der Waals surface area contributed by atoms with Gasteiger partial charge in [-0.25, -0.2) is 14.4 Å². The summed E-state index contributed by atoms with van der Waals surface area (Å²) in [4.78, 5) is 21.6. The van der Waals surface area contributed by atoms with Gasteiger partial charge in [-0.3, -0.25) is 4.79 Å². The Bertz CT molecular complexity index is 1080. The first kappa shape index (κ1) is 20.3. The number of carbonyl (C=O) groups excluding carboxylic acids is 1. The number of anilines is 1. The van der Waals surface area contributed by atoms with Crippen LogP contribution in [0.1, 0.15) is 30.7 Å². The van der Waals surface area contributed by atoms with Crippen LogP contribution in [-0.2, 0) is 17.9 Å². The monoisotopic (exact) mass is 424 g/mol. The lowest BCUT2D eigenvalue weighted by molar-refractivity contribution is -0.125. The van der Waals surface area contributed by atoms with Gasteiger partial charge in [0.05, 0.1) is 12.1 Å². The van der Waals surface area contributed by atoms with Crippen molar-refractivity contribution in [1.82, 2.24) is 15.3 Å². The number of halogens is 2. The number of aromatic nitrogens is 2. The maximum atomic E-state index is 13.1. The molecule has 0 bridgehead atoms. The molecule has 1 heterocycles. The highest BCUT2D eigenvalue weighted by Gasteiger charge is 2.19. The van der Waals surface area contributed by atoms with Crippen molar-refractivity contribution >= 4 is 34.2 Å². The number of fused-ring (bicyclic) bond motifs is 1. The molecule has 1 aliphatic rings. The standard InChI is InChI=1S/C23H22ClFN4O/c24-17-8-11-19-20(12-17)28-21(14-27-23(30)16-4-2-1-3-5-16)29-22(19)26-13-15-6-9-18(25)10-7-15/h1-2,6-12,16H,3-5,13-14H2,(H,27,30)(H,26,28,29)/t16-/m0/s1. The van der Waals surface area contributed by atoms with E-state index >= 15 is 0 Å². The second-order valence-corrected chi connectivity index (χ2v) is 7.77. The molecule has 0 spiro atoms. The summed E-state index contributed by atoms with van der Waals surface area (Å²) in [5.41, 5.74) is 1.63. The van der Waals surface area contributed by atoms with Crippen LogP contribution in [0, 0.1) is 11.7 Å². The van der Waals surface area contributed by atoms with E-state index in [0.717, 1.165) is 30.2 Å². The average molecular weight is 425 g/mol. The molecule has 0 fully saturated rings. The molecule has 5 nitrogen and oxygen atoms in total. The van der Waals surface area contributed by atoms with E-state index in [1.807, 2.05) is 6.07 Å². The van der Waals surface area contributed by atoms with Gasteiger partial charge in [-0.05, 0) is 55.2 Å². The summed E-state index contributed by atoms with van der Waals surface area (Å²) in [7, 11) is 0. The Balaban J connectivity index is 1.53. The smallest absolute Gasteiger partial charge is 0.223 e. The highest BCUT2D eigenvalue weighted by atomic mass is 35.5. The summed E-state index contributed by atoms with van der Waals surface area (Å²) >= 11 is 6.15. The van der Waals surface area contributed by atoms with Crippen molar-refractivity contribution in [3.63, 3.8) is 0 Å². The van der Waals surface area contributed by atoms with Crippen molar-refractivity contribution in [3.05, 3.63) is 76.8 Å². The van der Waals surface area contributed by atoms with E-state index in [4.69, 9.17) is 11.6 Å². The molecule has 1 amide bonds. The van der Waals surface area contributed by atoms with E-state index in [9.17, 15) is 9.18 Å². The fourth-order valence-electron chi connectivity index (χ4n) is 3.49. The molecule has 3 aromatic rings. The van der Waals surface area contributed by atoms with Crippen LogP contribution in [0.15, 0.2) is 54.6 Å². The van der Waals surface area contributed by atoms with Gasteiger partial charge in [0.1, 0.15) is 11.6 Å². The number of amides is 1. The number of allylic oxidation sites excluding steroid dienone is 2. The normalized spacial score (nSPS) is 15.9. The van der Waals surface area contributed by atoms with Crippen LogP contribution in [-0.4, -0.2) is 15.9 Å². The summed E-state index contributed by atoms with van der Waals surface area (Å²) in [6.07, 6.45) is 6.73. The van der Waals surface area contributed by atoms with Gasteiger partial charge in [-0.1, -0.05) is 35.9 Å². The SMILES string of the molecule is O=C(NCc1nc(NCc2ccc(F)cc2)c2ccc(Cl)cc2n1)[C@H]1CC=CCC1. The number of hydrogen-bond donors (Lipinski definition) is 2. The first-order chi connectivity index (χ1) is 14.6. The zero-order valence-electron chi connectivity index (χ0n) is 16.4. The molecule has 0 unspecified atom stereocenters. The number of carbonyl (C=O) groups is 1. The van der Waals surface area contributed by atoms with E-state index in [-0.39, 0.29) is 24.2 Å². The second kappa shape index (κ2) is 9.22. The van der Waals surface area contributed by atoms with Crippen molar-refractivity contribution in [1.29, 1.82) is 0 Å². The molecule has 0 saturated carbocycles. The van der Waals surface area contributed by atoms with Crippen molar-refractivity contribution < 1.29 is 9.18 Å². The van der Waals surface area contributed by atoms with Gasteiger partial charge in [-0.2, -0.15) is 0 Å². The van der Waals surface area contributed by atoms with Crippen molar-refractivity contribution in [2.45, 2.75) is 32.4 Å². The van der Waals surface area contributed by atoms with Crippen LogP contribution in [0.2, 0.25) is 5.02 Å². The van der Waals surface area contributed by atoms with E-state index in [1.54, 1.807) is 24.3 Å². The third kappa shape index (κ3) is 4.94. The zero-order chi connectivity index (χ0) is 20.9. The molecule has 0 radical (unpaired) electrons.